The molecule has 0 bridgehead atoms. The minimum atomic E-state index is -0.923. The van der Waals surface area contributed by atoms with E-state index in [2.05, 4.69) is 53.5 Å². The Balaban J connectivity index is 1.74. The third-order valence-corrected chi connectivity index (χ3v) is 6.89. The van der Waals surface area contributed by atoms with Crippen molar-refractivity contribution in [3.05, 3.63) is 72.3 Å². The van der Waals surface area contributed by atoms with Crippen LogP contribution in [-0.4, -0.2) is 50.1 Å². The van der Waals surface area contributed by atoms with Crippen molar-refractivity contribution in [2.24, 2.45) is 0 Å². The smallest absolute Gasteiger partial charge is 0.335 e. The Labute approximate surface area is 185 Å². The lowest BCUT2D eigenvalue weighted by Crippen LogP contribution is -2.39. The molecule has 2 atom stereocenters. The minimum absolute atomic E-state index is 0.155. The lowest BCUT2D eigenvalue weighted by molar-refractivity contribution is 0.0697. The van der Waals surface area contributed by atoms with Crippen molar-refractivity contribution >= 4 is 27.5 Å². The number of carboxylic acid groups (broad SMARTS) is 1. The number of imidazole rings is 1. The Morgan fingerprint density at radius 1 is 1.19 bits per heavy atom. The van der Waals surface area contributed by atoms with E-state index in [-0.39, 0.29) is 11.6 Å². The Morgan fingerprint density at radius 3 is 2.58 bits per heavy atom. The molecule has 0 aliphatic carbocycles. The normalized spacial score (nSPS) is 13.5. The molecule has 0 saturated heterocycles. The molecule has 31 heavy (non-hydrogen) atoms. The van der Waals surface area contributed by atoms with Gasteiger partial charge in [-0.1, -0.05) is 32.0 Å². The van der Waals surface area contributed by atoms with Crippen LogP contribution >= 0.6 is 11.3 Å². The third-order valence-electron chi connectivity index (χ3n) is 5.83. The van der Waals surface area contributed by atoms with E-state index in [0.717, 1.165) is 33.8 Å². The van der Waals surface area contributed by atoms with Crippen molar-refractivity contribution in [2.75, 3.05) is 13.6 Å². The number of carbonyl (C=O) groups is 1. The quantitative estimate of drug-likeness (QED) is 0.414. The summed E-state index contributed by atoms with van der Waals surface area (Å²) in [7, 11) is 2.17. The van der Waals surface area contributed by atoms with Gasteiger partial charge in [-0.25, -0.2) is 14.8 Å². The monoisotopic (exact) mass is 434 g/mol. The average molecular weight is 435 g/mol. The molecule has 4 rings (SSSR count). The van der Waals surface area contributed by atoms with Gasteiger partial charge >= 0.3 is 5.97 Å². The summed E-state index contributed by atoms with van der Waals surface area (Å²) in [6, 6.07) is 13.9. The Hall–Kier alpha value is -3.03. The molecule has 1 N–H and O–H groups in total. The number of carboxylic acids is 1. The van der Waals surface area contributed by atoms with E-state index in [4.69, 9.17) is 10.1 Å². The first-order valence-corrected chi connectivity index (χ1v) is 11.2. The summed E-state index contributed by atoms with van der Waals surface area (Å²) in [6.07, 6.45) is 6.77. The van der Waals surface area contributed by atoms with Gasteiger partial charge in [0.25, 0.3) is 0 Å². The number of benzene rings is 2. The number of rotatable bonds is 8. The lowest BCUT2D eigenvalue weighted by Gasteiger charge is -2.34. The number of aromatic carboxylic acids is 1. The molecular formula is C24H26N4O2S. The summed E-state index contributed by atoms with van der Waals surface area (Å²) < 4.78 is 3.31. The number of nitrogens with zero attached hydrogens (tertiary/aromatic N) is 4. The number of fused-ring (bicyclic) bond motifs is 1. The fourth-order valence-corrected chi connectivity index (χ4v) is 5.06. The van der Waals surface area contributed by atoms with Crippen molar-refractivity contribution in [1.29, 1.82) is 0 Å². The zero-order valence-corrected chi connectivity index (χ0v) is 18.7. The largest absolute Gasteiger partial charge is 0.478 e. The van der Waals surface area contributed by atoms with Crippen molar-refractivity contribution in [3.63, 3.8) is 0 Å². The van der Waals surface area contributed by atoms with E-state index in [1.807, 2.05) is 30.9 Å². The molecule has 6 nitrogen and oxygen atoms in total. The summed E-state index contributed by atoms with van der Waals surface area (Å²) in [4.78, 5) is 22.6. The molecule has 0 spiro atoms. The van der Waals surface area contributed by atoms with Crippen LogP contribution in [0.4, 0.5) is 0 Å². The summed E-state index contributed by atoms with van der Waals surface area (Å²) in [5, 5.41) is 10.0. The topological polar surface area (TPSA) is 71.2 Å². The molecule has 7 heteroatoms. The predicted octanol–water partition coefficient (Wildman–Crippen LogP) is 5.18. The fraction of sp³-hybridized carbons (Fsp3) is 0.292. The van der Waals surface area contributed by atoms with Crippen LogP contribution in [0.2, 0.25) is 0 Å². The number of aromatic nitrogens is 3. The Kier molecular flexibility index (Phi) is 6.15. The van der Waals surface area contributed by atoms with Gasteiger partial charge in [0.1, 0.15) is 5.01 Å². The van der Waals surface area contributed by atoms with E-state index in [1.54, 1.807) is 23.5 Å². The van der Waals surface area contributed by atoms with E-state index >= 15 is 0 Å². The standard InChI is InChI=1S/C24H26N4O2S/c1-4-20(27(3)5-2)22(28-13-12-25-15-28)18-10-11-19-21(14-18)31-23(26-19)16-6-8-17(9-7-16)24(29)30/h6-15,20,22H,4-5H2,1-3H3,(H,29,30). The molecular weight excluding hydrogens is 408 g/mol. The number of hydrogen-bond acceptors (Lipinski definition) is 5. The SMILES string of the molecule is CCC(C(c1ccc2nc(-c3ccc(C(=O)O)cc3)sc2c1)n1ccnc1)N(C)CC. The third kappa shape index (κ3) is 4.24. The second-order valence-corrected chi connectivity index (χ2v) is 8.66. The maximum absolute atomic E-state index is 11.1. The van der Waals surface area contributed by atoms with Crippen molar-refractivity contribution in [2.45, 2.75) is 32.4 Å². The second-order valence-electron chi connectivity index (χ2n) is 7.63. The molecule has 0 aliphatic rings. The molecule has 160 valence electrons. The molecule has 4 aromatic rings. The fourth-order valence-electron chi connectivity index (χ4n) is 4.04. The molecule has 0 aliphatic heterocycles. The Morgan fingerprint density at radius 2 is 1.97 bits per heavy atom. The first kappa shape index (κ1) is 21.2. The first-order valence-electron chi connectivity index (χ1n) is 10.4. The van der Waals surface area contributed by atoms with E-state index in [9.17, 15) is 4.79 Å². The van der Waals surface area contributed by atoms with E-state index in [1.165, 1.54) is 5.56 Å². The minimum Gasteiger partial charge on any atom is -0.478 e. The van der Waals surface area contributed by atoms with E-state index in [0.29, 0.717) is 6.04 Å². The summed E-state index contributed by atoms with van der Waals surface area (Å²) in [5.41, 5.74) is 3.39. The van der Waals surface area contributed by atoms with Gasteiger partial charge in [0.05, 0.1) is 28.1 Å². The van der Waals surface area contributed by atoms with Gasteiger partial charge in [-0.3, -0.25) is 0 Å². The predicted molar refractivity (Wildman–Crippen MR) is 125 cm³/mol. The Bertz CT molecular complexity index is 1170. The van der Waals surface area contributed by atoms with Crippen LogP contribution in [0.1, 0.15) is 42.2 Å². The van der Waals surface area contributed by atoms with Crippen LogP contribution in [0.3, 0.4) is 0 Å². The summed E-state index contributed by atoms with van der Waals surface area (Å²) in [6.45, 7) is 5.38. The van der Waals surface area contributed by atoms with Gasteiger partial charge in [0.2, 0.25) is 0 Å². The molecule has 0 radical (unpaired) electrons. The van der Waals surface area contributed by atoms with Gasteiger partial charge in [-0.2, -0.15) is 0 Å². The molecule has 0 amide bonds. The number of likely N-dealkylation sites (N-methyl/N-ethyl adjacent to an activating group) is 1. The molecule has 2 aromatic heterocycles. The highest BCUT2D eigenvalue weighted by atomic mass is 32.1. The van der Waals surface area contributed by atoms with Gasteiger partial charge in [0.15, 0.2) is 0 Å². The van der Waals surface area contributed by atoms with E-state index < -0.39 is 5.97 Å². The van der Waals surface area contributed by atoms with Gasteiger partial charge < -0.3 is 14.6 Å². The highest BCUT2D eigenvalue weighted by Crippen LogP contribution is 2.34. The lowest BCUT2D eigenvalue weighted by atomic mass is 9.95. The molecule has 0 saturated carbocycles. The van der Waals surface area contributed by atoms with Gasteiger partial charge in [-0.15, -0.1) is 11.3 Å². The van der Waals surface area contributed by atoms with Crippen LogP contribution in [0.15, 0.2) is 61.2 Å². The van der Waals surface area contributed by atoms with Gasteiger partial charge in [-0.05, 0) is 49.8 Å². The van der Waals surface area contributed by atoms with Crippen LogP contribution in [-0.2, 0) is 0 Å². The number of thiazole rings is 1. The van der Waals surface area contributed by atoms with Crippen LogP contribution < -0.4 is 0 Å². The molecule has 2 aromatic carbocycles. The highest BCUT2D eigenvalue weighted by molar-refractivity contribution is 7.21. The molecule has 0 fully saturated rings. The first-order chi connectivity index (χ1) is 15.0. The second kappa shape index (κ2) is 8.99. The average Bonchev–Trinajstić information content (AvgIpc) is 3.46. The number of hydrogen-bond donors (Lipinski definition) is 1. The molecule has 2 unspecified atom stereocenters. The highest BCUT2D eigenvalue weighted by Gasteiger charge is 2.26. The zero-order chi connectivity index (χ0) is 22.0. The van der Waals surface area contributed by atoms with Gasteiger partial charge in [0, 0.05) is 24.0 Å². The van der Waals surface area contributed by atoms with Crippen molar-refractivity contribution in [3.8, 4) is 10.6 Å². The summed E-state index contributed by atoms with van der Waals surface area (Å²) in [5.74, 6) is -0.923. The zero-order valence-electron chi connectivity index (χ0n) is 17.9. The van der Waals surface area contributed by atoms with Crippen LogP contribution in [0.5, 0.6) is 0 Å². The summed E-state index contributed by atoms with van der Waals surface area (Å²) >= 11 is 1.63. The maximum atomic E-state index is 11.1. The van der Waals surface area contributed by atoms with Crippen molar-refractivity contribution < 1.29 is 9.90 Å². The van der Waals surface area contributed by atoms with Crippen LogP contribution in [0, 0.1) is 0 Å². The maximum Gasteiger partial charge on any atom is 0.335 e. The van der Waals surface area contributed by atoms with Crippen LogP contribution in [0.25, 0.3) is 20.8 Å². The molecule has 2 heterocycles. The van der Waals surface area contributed by atoms with Crippen molar-refractivity contribution in [1.82, 2.24) is 19.4 Å².